The van der Waals surface area contributed by atoms with Crippen LogP contribution in [0.5, 0.6) is 0 Å². The molecule has 0 fully saturated rings. The summed E-state index contributed by atoms with van der Waals surface area (Å²) in [5, 5.41) is 6.88. The lowest BCUT2D eigenvalue weighted by molar-refractivity contribution is 0.518. The highest BCUT2D eigenvalue weighted by molar-refractivity contribution is 7.16. The second-order valence-electron chi connectivity index (χ2n) is 4.46. The highest BCUT2D eigenvalue weighted by Crippen LogP contribution is 2.19. The van der Waals surface area contributed by atoms with E-state index in [4.69, 9.17) is 0 Å². The standard InChI is InChI=1S/C13H14N4OS/c1-10-8-19-12-11(10)13(18)16(9-14-12)5-3-7-17-6-2-4-15-17/h2,4,6,8-9H,3,5,7H2,1H3. The second-order valence-corrected chi connectivity index (χ2v) is 5.32. The van der Waals surface area contributed by atoms with Crippen molar-refractivity contribution in [1.29, 1.82) is 0 Å². The van der Waals surface area contributed by atoms with E-state index in [0.717, 1.165) is 28.7 Å². The van der Waals surface area contributed by atoms with Gasteiger partial charge in [-0.2, -0.15) is 5.10 Å². The predicted octanol–water partition coefficient (Wildman–Crippen LogP) is 2.05. The zero-order valence-corrected chi connectivity index (χ0v) is 11.4. The average Bonchev–Trinajstić information content (AvgIpc) is 3.03. The van der Waals surface area contributed by atoms with Crippen LogP contribution in [-0.2, 0) is 13.1 Å². The van der Waals surface area contributed by atoms with Gasteiger partial charge in [0.2, 0.25) is 0 Å². The molecule has 0 spiro atoms. The van der Waals surface area contributed by atoms with E-state index in [2.05, 4.69) is 10.1 Å². The van der Waals surface area contributed by atoms with E-state index >= 15 is 0 Å². The van der Waals surface area contributed by atoms with Gasteiger partial charge >= 0.3 is 0 Å². The van der Waals surface area contributed by atoms with Gasteiger partial charge in [-0.05, 0) is 30.4 Å². The molecule has 0 atom stereocenters. The fraction of sp³-hybridized carbons (Fsp3) is 0.308. The van der Waals surface area contributed by atoms with Crippen LogP contribution in [0.4, 0.5) is 0 Å². The van der Waals surface area contributed by atoms with Gasteiger partial charge in [0.25, 0.3) is 5.56 Å². The van der Waals surface area contributed by atoms with Gasteiger partial charge in [0.15, 0.2) is 0 Å². The Hall–Kier alpha value is -1.95. The minimum atomic E-state index is 0.0595. The molecule has 3 heterocycles. The molecule has 0 aromatic carbocycles. The second kappa shape index (κ2) is 4.97. The molecule has 98 valence electrons. The molecule has 0 aliphatic heterocycles. The van der Waals surface area contributed by atoms with Crippen LogP contribution < -0.4 is 5.56 Å². The number of rotatable bonds is 4. The van der Waals surface area contributed by atoms with Crippen molar-refractivity contribution in [1.82, 2.24) is 19.3 Å². The largest absolute Gasteiger partial charge is 0.299 e. The Morgan fingerprint density at radius 1 is 1.37 bits per heavy atom. The fourth-order valence-electron chi connectivity index (χ4n) is 2.10. The highest BCUT2D eigenvalue weighted by atomic mass is 32.1. The van der Waals surface area contributed by atoms with Gasteiger partial charge in [-0.25, -0.2) is 4.98 Å². The first kappa shape index (κ1) is 12.1. The van der Waals surface area contributed by atoms with Crippen molar-refractivity contribution in [2.75, 3.05) is 0 Å². The number of hydrogen-bond acceptors (Lipinski definition) is 4. The Morgan fingerprint density at radius 2 is 2.26 bits per heavy atom. The molecule has 0 saturated heterocycles. The maximum atomic E-state index is 12.3. The van der Waals surface area contributed by atoms with Gasteiger partial charge in [-0.3, -0.25) is 14.0 Å². The summed E-state index contributed by atoms with van der Waals surface area (Å²) in [5.41, 5.74) is 1.07. The van der Waals surface area contributed by atoms with Gasteiger partial charge in [0.05, 0.1) is 11.7 Å². The van der Waals surface area contributed by atoms with E-state index in [-0.39, 0.29) is 5.56 Å². The van der Waals surface area contributed by atoms with E-state index in [0.29, 0.717) is 6.54 Å². The van der Waals surface area contributed by atoms with Crippen LogP contribution in [0.2, 0.25) is 0 Å². The van der Waals surface area contributed by atoms with Gasteiger partial charge < -0.3 is 0 Å². The van der Waals surface area contributed by atoms with E-state index < -0.39 is 0 Å². The molecular formula is C13H14N4OS. The van der Waals surface area contributed by atoms with Crippen molar-refractivity contribution in [3.63, 3.8) is 0 Å². The van der Waals surface area contributed by atoms with Gasteiger partial charge in [-0.15, -0.1) is 11.3 Å². The molecule has 3 aromatic heterocycles. The summed E-state index contributed by atoms with van der Waals surface area (Å²) in [6, 6.07) is 1.90. The van der Waals surface area contributed by atoms with Gasteiger partial charge in [0, 0.05) is 25.5 Å². The molecule has 3 aromatic rings. The topological polar surface area (TPSA) is 52.7 Å². The fourth-order valence-corrected chi connectivity index (χ4v) is 2.98. The number of aryl methyl sites for hydroxylation is 3. The number of thiophene rings is 1. The molecule has 0 aliphatic rings. The summed E-state index contributed by atoms with van der Waals surface area (Å²) in [6.07, 6.45) is 6.18. The molecule has 0 amide bonds. The lowest BCUT2D eigenvalue weighted by atomic mass is 10.3. The Labute approximate surface area is 114 Å². The zero-order valence-electron chi connectivity index (χ0n) is 10.6. The van der Waals surface area contributed by atoms with E-state index in [1.54, 1.807) is 17.1 Å². The zero-order chi connectivity index (χ0) is 13.2. The summed E-state index contributed by atoms with van der Waals surface area (Å²) < 4.78 is 3.55. The predicted molar refractivity (Wildman–Crippen MR) is 75.5 cm³/mol. The molecule has 0 saturated carbocycles. The Kier molecular flexibility index (Phi) is 3.16. The van der Waals surface area contributed by atoms with E-state index in [9.17, 15) is 4.79 Å². The number of aromatic nitrogens is 4. The van der Waals surface area contributed by atoms with E-state index in [1.165, 1.54) is 11.3 Å². The third kappa shape index (κ3) is 2.31. The molecule has 0 aliphatic carbocycles. The third-order valence-corrected chi connectivity index (χ3v) is 4.09. The molecular weight excluding hydrogens is 260 g/mol. The monoisotopic (exact) mass is 274 g/mol. The first-order valence-corrected chi connectivity index (χ1v) is 7.04. The summed E-state index contributed by atoms with van der Waals surface area (Å²) in [5.74, 6) is 0. The van der Waals surface area contributed by atoms with Crippen molar-refractivity contribution in [2.45, 2.75) is 26.4 Å². The highest BCUT2D eigenvalue weighted by Gasteiger charge is 2.08. The van der Waals surface area contributed by atoms with Crippen LogP contribution in [-0.4, -0.2) is 19.3 Å². The minimum Gasteiger partial charge on any atom is -0.299 e. The molecule has 19 heavy (non-hydrogen) atoms. The van der Waals surface area contributed by atoms with Crippen LogP contribution in [0.1, 0.15) is 12.0 Å². The van der Waals surface area contributed by atoms with Crippen LogP contribution in [0.15, 0.2) is 35.0 Å². The summed E-state index contributed by atoms with van der Waals surface area (Å²) in [7, 11) is 0. The average molecular weight is 274 g/mol. The number of fused-ring (bicyclic) bond motifs is 1. The third-order valence-electron chi connectivity index (χ3n) is 3.09. The smallest absolute Gasteiger partial charge is 0.262 e. The number of nitrogens with zero attached hydrogens (tertiary/aromatic N) is 4. The molecule has 0 radical (unpaired) electrons. The molecule has 0 N–H and O–H groups in total. The maximum absolute atomic E-state index is 12.3. The van der Waals surface area contributed by atoms with Gasteiger partial charge in [-0.1, -0.05) is 0 Å². The van der Waals surface area contributed by atoms with Crippen LogP contribution in [0.3, 0.4) is 0 Å². The first-order chi connectivity index (χ1) is 9.25. The van der Waals surface area contributed by atoms with Crippen LogP contribution in [0.25, 0.3) is 10.2 Å². The molecule has 6 heteroatoms. The molecule has 0 unspecified atom stereocenters. The lowest BCUT2D eigenvalue weighted by Gasteiger charge is -2.05. The minimum absolute atomic E-state index is 0.0595. The first-order valence-electron chi connectivity index (χ1n) is 6.16. The summed E-state index contributed by atoms with van der Waals surface area (Å²) in [6.45, 7) is 3.42. The normalized spacial score (nSPS) is 11.2. The van der Waals surface area contributed by atoms with Crippen molar-refractivity contribution in [2.24, 2.45) is 0 Å². The Balaban J connectivity index is 1.79. The van der Waals surface area contributed by atoms with E-state index in [1.807, 2.05) is 29.2 Å². The van der Waals surface area contributed by atoms with Crippen molar-refractivity contribution >= 4 is 21.6 Å². The van der Waals surface area contributed by atoms with Crippen LogP contribution in [0, 0.1) is 6.92 Å². The van der Waals surface area contributed by atoms with Crippen molar-refractivity contribution < 1.29 is 0 Å². The molecule has 0 bridgehead atoms. The summed E-state index contributed by atoms with van der Waals surface area (Å²) in [4.78, 5) is 17.5. The van der Waals surface area contributed by atoms with Crippen LogP contribution >= 0.6 is 11.3 Å². The molecule has 5 nitrogen and oxygen atoms in total. The SMILES string of the molecule is Cc1csc2ncn(CCCn3cccn3)c(=O)c12. The van der Waals surface area contributed by atoms with Crippen molar-refractivity contribution in [3.8, 4) is 0 Å². The Morgan fingerprint density at radius 3 is 3.05 bits per heavy atom. The Bertz CT molecular complexity index is 742. The summed E-state index contributed by atoms with van der Waals surface area (Å²) >= 11 is 1.52. The maximum Gasteiger partial charge on any atom is 0.262 e. The quantitative estimate of drug-likeness (QED) is 0.731. The van der Waals surface area contributed by atoms with Crippen molar-refractivity contribution in [3.05, 3.63) is 46.1 Å². The van der Waals surface area contributed by atoms with Gasteiger partial charge in [0.1, 0.15) is 4.83 Å². The molecule has 3 rings (SSSR count). The number of hydrogen-bond donors (Lipinski definition) is 0. The lowest BCUT2D eigenvalue weighted by Crippen LogP contribution is -2.21.